The first-order chi connectivity index (χ1) is 13.8. The molecule has 152 valence electrons. The van der Waals surface area contributed by atoms with Gasteiger partial charge in [-0.05, 0) is 19.9 Å². The van der Waals surface area contributed by atoms with Gasteiger partial charge in [0.05, 0.1) is 6.10 Å². The first-order valence-electron chi connectivity index (χ1n) is 9.38. The van der Waals surface area contributed by atoms with E-state index in [0.29, 0.717) is 0 Å². The molecule has 6 heteroatoms. The summed E-state index contributed by atoms with van der Waals surface area (Å²) in [5, 5.41) is 0. The lowest BCUT2D eigenvalue weighted by Crippen LogP contribution is -2.43. The molecule has 1 aliphatic rings. The molecule has 0 atom stereocenters. The van der Waals surface area contributed by atoms with Crippen molar-refractivity contribution < 1.29 is 23.8 Å². The third-order valence-electron chi connectivity index (χ3n) is 4.47. The van der Waals surface area contributed by atoms with E-state index in [4.69, 9.17) is 14.5 Å². The van der Waals surface area contributed by atoms with Gasteiger partial charge in [-0.2, -0.15) is 0 Å². The molecule has 0 aliphatic carbocycles. The summed E-state index contributed by atoms with van der Waals surface area (Å²) < 4.78 is 21.0. The van der Waals surface area contributed by atoms with Gasteiger partial charge < -0.3 is 19.3 Å². The highest BCUT2D eigenvalue weighted by atomic mass is 31.2. The zero-order chi connectivity index (χ0) is 20.9. The second-order valence-corrected chi connectivity index (χ2v) is 8.61. The zero-order valence-electron chi connectivity index (χ0n) is 16.4. The maximum atomic E-state index is 10.1. The molecule has 1 heterocycles. The minimum absolute atomic E-state index is 0.127. The number of hydrogen-bond donors (Lipinski definition) is 2. The van der Waals surface area contributed by atoms with E-state index in [0.717, 1.165) is 5.75 Å². The van der Waals surface area contributed by atoms with Crippen molar-refractivity contribution in [1.82, 2.24) is 0 Å². The van der Waals surface area contributed by atoms with Crippen LogP contribution in [0.1, 0.15) is 30.5 Å². The van der Waals surface area contributed by atoms with Crippen LogP contribution in [0, 0.1) is 0 Å². The number of benzene rings is 3. The molecular weight excluding hydrogens is 387 g/mol. The van der Waals surface area contributed by atoms with Crippen molar-refractivity contribution in [3.05, 3.63) is 102 Å². The predicted octanol–water partition coefficient (Wildman–Crippen LogP) is 4.92. The Kier molecular flexibility index (Phi) is 6.56. The van der Waals surface area contributed by atoms with Crippen molar-refractivity contribution in [1.29, 1.82) is 0 Å². The topological polar surface area (TPSA) is 76.0 Å². The maximum Gasteiger partial charge on any atom is 0.350 e. The molecule has 0 amide bonds. The second kappa shape index (κ2) is 8.93. The van der Waals surface area contributed by atoms with E-state index in [1.54, 1.807) is 13.8 Å². The maximum absolute atomic E-state index is 10.1. The third kappa shape index (κ3) is 4.95. The number of hydrogen-bond acceptors (Lipinski definition) is 3. The summed E-state index contributed by atoms with van der Waals surface area (Å²) in [6, 6.07) is 29.1. The van der Waals surface area contributed by atoms with Crippen LogP contribution in [0.25, 0.3) is 0 Å². The molecule has 0 saturated carbocycles. The quantitative estimate of drug-likeness (QED) is 0.582. The molecule has 2 N–H and O–H groups in total. The van der Waals surface area contributed by atoms with Crippen LogP contribution < -0.4 is 4.74 Å². The van der Waals surface area contributed by atoms with Gasteiger partial charge in [-0.3, -0.25) is 4.57 Å². The molecule has 0 saturated heterocycles. The van der Waals surface area contributed by atoms with Crippen molar-refractivity contribution in [2.75, 3.05) is 6.35 Å². The van der Waals surface area contributed by atoms with E-state index >= 15 is 0 Å². The van der Waals surface area contributed by atoms with Gasteiger partial charge in [-0.25, -0.2) is 0 Å². The Labute approximate surface area is 171 Å². The van der Waals surface area contributed by atoms with E-state index in [9.17, 15) is 4.57 Å². The van der Waals surface area contributed by atoms with Crippen LogP contribution in [-0.4, -0.2) is 22.2 Å². The minimum atomic E-state index is -3.94. The summed E-state index contributed by atoms with van der Waals surface area (Å²) in [7, 11) is -3.94. The first kappa shape index (κ1) is 21.3. The molecule has 1 aliphatic heterocycles. The van der Waals surface area contributed by atoms with Crippen LogP contribution >= 0.6 is 7.60 Å². The summed E-state index contributed by atoms with van der Waals surface area (Å²) in [4.78, 5) is 16.5. The Hall–Kier alpha value is -2.43. The molecule has 29 heavy (non-hydrogen) atoms. The molecule has 3 aromatic carbocycles. The Balaban J connectivity index is 0.000000229. The molecule has 4 rings (SSSR count). The van der Waals surface area contributed by atoms with Crippen molar-refractivity contribution in [3.8, 4) is 5.75 Å². The van der Waals surface area contributed by atoms with Gasteiger partial charge >= 0.3 is 7.60 Å². The number of rotatable bonds is 5. The fraction of sp³-hybridized carbons (Fsp3) is 0.217. The van der Waals surface area contributed by atoms with Crippen LogP contribution in [0.3, 0.4) is 0 Å². The summed E-state index contributed by atoms with van der Waals surface area (Å²) >= 11 is 0. The van der Waals surface area contributed by atoms with Crippen LogP contribution in [-0.2, 0) is 14.9 Å². The smallest absolute Gasteiger partial charge is 0.350 e. The molecule has 0 fully saturated rings. The number of fused-ring (bicyclic) bond motifs is 1. The Bertz CT molecular complexity index is 927. The zero-order valence-corrected chi connectivity index (χ0v) is 17.3. The Morgan fingerprint density at radius 3 is 1.76 bits per heavy atom. The molecule has 0 aromatic heterocycles. The molecule has 3 aromatic rings. The average Bonchev–Trinajstić information content (AvgIpc) is 2.69. The van der Waals surface area contributed by atoms with Crippen LogP contribution in [0.5, 0.6) is 5.75 Å². The third-order valence-corrected chi connectivity index (χ3v) is 4.95. The van der Waals surface area contributed by atoms with E-state index in [1.807, 2.05) is 24.3 Å². The van der Waals surface area contributed by atoms with Crippen LogP contribution in [0.4, 0.5) is 0 Å². The van der Waals surface area contributed by atoms with Crippen molar-refractivity contribution >= 4 is 7.60 Å². The largest absolute Gasteiger partial charge is 0.472 e. The fourth-order valence-corrected chi connectivity index (χ4v) is 3.70. The van der Waals surface area contributed by atoms with Crippen LogP contribution in [0.15, 0.2) is 84.9 Å². The molecule has 0 unspecified atom stereocenters. The molecule has 0 bridgehead atoms. The van der Waals surface area contributed by atoms with Crippen molar-refractivity contribution in [3.63, 3.8) is 0 Å². The Morgan fingerprint density at radius 1 is 0.862 bits per heavy atom. The molecule has 5 nitrogen and oxygen atoms in total. The van der Waals surface area contributed by atoms with Crippen molar-refractivity contribution in [2.24, 2.45) is 0 Å². The molecule has 0 radical (unpaired) electrons. The lowest BCUT2D eigenvalue weighted by molar-refractivity contribution is 0.0961. The lowest BCUT2D eigenvalue weighted by Gasteiger charge is -2.45. The van der Waals surface area contributed by atoms with Gasteiger partial charge in [0, 0.05) is 16.7 Å². The number of ether oxygens (including phenoxy) is 2. The average molecular weight is 412 g/mol. The van der Waals surface area contributed by atoms with E-state index in [-0.39, 0.29) is 6.10 Å². The standard InChI is InChI=1S/C19H14O.C4H11O4P/c1-3-9-15(10-4-1)19(16-11-5-2-6-12-16)17-13-7-8-14-18(17)20-19;1-4(2)8-3-9(5,6)7/h1-14H;4H,3H2,1-2H3,(H2,5,6,7). The van der Waals surface area contributed by atoms with Crippen molar-refractivity contribution in [2.45, 2.75) is 25.6 Å². The lowest BCUT2D eigenvalue weighted by atomic mass is 9.76. The minimum Gasteiger partial charge on any atom is -0.472 e. The van der Waals surface area contributed by atoms with Crippen LogP contribution in [0.2, 0.25) is 0 Å². The van der Waals surface area contributed by atoms with E-state index in [1.165, 1.54) is 16.7 Å². The molecule has 0 spiro atoms. The van der Waals surface area contributed by atoms with Gasteiger partial charge in [0.15, 0.2) is 5.60 Å². The van der Waals surface area contributed by atoms with Gasteiger partial charge in [0.2, 0.25) is 0 Å². The van der Waals surface area contributed by atoms with E-state index in [2.05, 4.69) is 65.4 Å². The van der Waals surface area contributed by atoms with E-state index < -0.39 is 19.5 Å². The number of para-hydroxylation sites is 1. The Morgan fingerprint density at radius 2 is 1.34 bits per heavy atom. The summed E-state index contributed by atoms with van der Waals surface area (Å²) in [6.07, 6.45) is -0.609. The van der Waals surface area contributed by atoms with Gasteiger partial charge in [-0.15, -0.1) is 0 Å². The predicted molar refractivity (Wildman–Crippen MR) is 113 cm³/mol. The summed E-state index contributed by atoms with van der Waals surface area (Å²) in [5.41, 5.74) is 3.12. The highest BCUT2D eigenvalue weighted by molar-refractivity contribution is 7.51. The normalized spacial score (nSPS) is 14.1. The second-order valence-electron chi connectivity index (χ2n) is 7.02. The van der Waals surface area contributed by atoms with Gasteiger partial charge in [-0.1, -0.05) is 78.9 Å². The fourth-order valence-electron chi connectivity index (χ4n) is 3.21. The highest BCUT2D eigenvalue weighted by Gasteiger charge is 2.48. The highest BCUT2D eigenvalue weighted by Crippen LogP contribution is 2.52. The monoisotopic (exact) mass is 412 g/mol. The summed E-state index contributed by atoms with van der Waals surface area (Å²) in [6.45, 7) is 3.44. The van der Waals surface area contributed by atoms with Gasteiger partial charge in [0.25, 0.3) is 0 Å². The SMILES string of the molecule is CC(C)OCP(=O)(O)O.c1ccc(C2(c3ccccc3)Oc3ccccc32)cc1. The summed E-state index contributed by atoms with van der Waals surface area (Å²) in [5.74, 6) is 0.972. The van der Waals surface area contributed by atoms with Gasteiger partial charge in [0.1, 0.15) is 12.1 Å². The molecular formula is C23H25O5P. The first-order valence-corrected chi connectivity index (χ1v) is 11.2.